The van der Waals surface area contributed by atoms with E-state index in [0.717, 1.165) is 19.3 Å². The summed E-state index contributed by atoms with van der Waals surface area (Å²) in [5.41, 5.74) is 10.9. The van der Waals surface area contributed by atoms with Crippen molar-refractivity contribution >= 4 is 12.1 Å². The van der Waals surface area contributed by atoms with Crippen LogP contribution in [0.5, 0.6) is 0 Å². The molecule has 0 saturated carbocycles. The third kappa shape index (κ3) is 6.07. The summed E-state index contributed by atoms with van der Waals surface area (Å²) < 4.78 is 0. The van der Waals surface area contributed by atoms with Gasteiger partial charge in [-0.2, -0.15) is 0 Å². The average molecular weight is 287 g/mol. The maximum absolute atomic E-state index is 11.8. The molecule has 1 rings (SSSR count). The minimum absolute atomic E-state index is 0.0688. The van der Waals surface area contributed by atoms with Crippen LogP contribution in [0, 0.1) is 0 Å². The van der Waals surface area contributed by atoms with Gasteiger partial charge >= 0.3 is 12.1 Å². The van der Waals surface area contributed by atoms with Crippen molar-refractivity contribution < 1.29 is 14.7 Å². The zero-order valence-corrected chi connectivity index (χ0v) is 11.7. The monoisotopic (exact) mass is 287 g/mol. The van der Waals surface area contributed by atoms with E-state index in [4.69, 9.17) is 16.6 Å². The quantitative estimate of drug-likeness (QED) is 0.402. The standard InChI is InChI=1S/C12H25N5O3/c13-9(4-2-8-18)3-1-6-17-7-5-10(15-11(14)19)16-12(17)20/h9-10,18H,1-8,13H2,(H,16,20)(H3,14,15,19). The van der Waals surface area contributed by atoms with Crippen LogP contribution in [0.2, 0.25) is 0 Å². The third-order valence-electron chi connectivity index (χ3n) is 3.33. The molecule has 0 aliphatic carbocycles. The molecule has 7 N–H and O–H groups in total. The van der Waals surface area contributed by atoms with Gasteiger partial charge in [-0.25, -0.2) is 9.59 Å². The minimum Gasteiger partial charge on any atom is -0.396 e. The molecule has 8 heteroatoms. The number of hydrogen-bond donors (Lipinski definition) is 5. The molecule has 8 nitrogen and oxygen atoms in total. The molecule has 1 fully saturated rings. The Morgan fingerprint density at radius 3 is 2.80 bits per heavy atom. The van der Waals surface area contributed by atoms with Crippen molar-refractivity contribution in [2.75, 3.05) is 19.7 Å². The molecular weight excluding hydrogens is 262 g/mol. The highest BCUT2D eigenvalue weighted by Crippen LogP contribution is 2.08. The van der Waals surface area contributed by atoms with Crippen molar-refractivity contribution in [1.29, 1.82) is 0 Å². The van der Waals surface area contributed by atoms with Crippen molar-refractivity contribution in [2.45, 2.75) is 44.3 Å². The highest BCUT2D eigenvalue weighted by molar-refractivity contribution is 5.77. The molecule has 4 amide bonds. The number of aliphatic hydroxyl groups is 1. The number of hydrogen-bond acceptors (Lipinski definition) is 4. The molecule has 0 bridgehead atoms. The molecular formula is C12H25N5O3. The van der Waals surface area contributed by atoms with Crippen LogP contribution >= 0.6 is 0 Å². The van der Waals surface area contributed by atoms with Gasteiger partial charge in [0.1, 0.15) is 6.17 Å². The molecule has 2 atom stereocenters. The second kappa shape index (κ2) is 8.60. The third-order valence-corrected chi connectivity index (χ3v) is 3.33. The second-order valence-electron chi connectivity index (χ2n) is 5.05. The predicted molar refractivity (Wildman–Crippen MR) is 74.8 cm³/mol. The van der Waals surface area contributed by atoms with Gasteiger partial charge in [0.2, 0.25) is 0 Å². The van der Waals surface area contributed by atoms with E-state index in [0.29, 0.717) is 25.9 Å². The SMILES string of the molecule is NC(=O)NC1CCN(CCCC(N)CCCO)C(=O)N1. The van der Waals surface area contributed by atoms with E-state index in [-0.39, 0.29) is 24.8 Å². The van der Waals surface area contributed by atoms with E-state index in [1.54, 1.807) is 4.90 Å². The molecule has 0 aromatic rings. The number of amides is 4. The van der Waals surface area contributed by atoms with E-state index < -0.39 is 6.03 Å². The van der Waals surface area contributed by atoms with Gasteiger partial charge in [-0.3, -0.25) is 0 Å². The fourth-order valence-electron chi connectivity index (χ4n) is 2.23. The summed E-state index contributed by atoms with van der Waals surface area (Å²) in [4.78, 5) is 24.2. The summed E-state index contributed by atoms with van der Waals surface area (Å²) in [6.45, 7) is 1.39. The largest absolute Gasteiger partial charge is 0.396 e. The molecule has 1 saturated heterocycles. The molecule has 2 unspecified atom stereocenters. The molecule has 0 radical (unpaired) electrons. The number of primary amides is 1. The molecule has 0 spiro atoms. The van der Waals surface area contributed by atoms with Crippen LogP contribution in [0.1, 0.15) is 32.1 Å². The smallest absolute Gasteiger partial charge is 0.319 e. The molecule has 20 heavy (non-hydrogen) atoms. The Kier molecular flexibility index (Phi) is 7.10. The van der Waals surface area contributed by atoms with Crippen LogP contribution in [-0.4, -0.2) is 54.0 Å². The van der Waals surface area contributed by atoms with Crippen molar-refractivity contribution in [3.05, 3.63) is 0 Å². The number of rotatable bonds is 8. The van der Waals surface area contributed by atoms with Crippen LogP contribution in [0.25, 0.3) is 0 Å². The number of carbonyl (C=O) groups excluding carboxylic acids is 2. The fourth-order valence-corrected chi connectivity index (χ4v) is 2.23. The number of nitrogens with zero attached hydrogens (tertiary/aromatic N) is 1. The molecule has 0 aromatic heterocycles. The van der Waals surface area contributed by atoms with Gasteiger partial charge in [0.15, 0.2) is 0 Å². The molecule has 0 aromatic carbocycles. The summed E-state index contributed by atoms with van der Waals surface area (Å²) >= 11 is 0. The Bertz CT molecular complexity index is 326. The Hall–Kier alpha value is -1.54. The van der Waals surface area contributed by atoms with Gasteiger partial charge in [-0.05, 0) is 25.7 Å². The summed E-state index contributed by atoms with van der Waals surface area (Å²) in [7, 11) is 0. The number of urea groups is 2. The maximum atomic E-state index is 11.8. The van der Waals surface area contributed by atoms with E-state index in [1.165, 1.54) is 0 Å². The maximum Gasteiger partial charge on any atom is 0.319 e. The topological polar surface area (TPSA) is 134 Å². The Morgan fingerprint density at radius 2 is 2.20 bits per heavy atom. The normalized spacial score (nSPS) is 20.4. The first-order valence-corrected chi connectivity index (χ1v) is 7.00. The Labute approximate surface area is 118 Å². The van der Waals surface area contributed by atoms with Gasteiger partial charge in [0.05, 0.1) is 0 Å². The Balaban J connectivity index is 2.19. The van der Waals surface area contributed by atoms with Crippen molar-refractivity contribution in [2.24, 2.45) is 11.5 Å². The highest BCUT2D eigenvalue weighted by atomic mass is 16.3. The number of nitrogens with one attached hydrogen (secondary N) is 2. The summed E-state index contributed by atoms with van der Waals surface area (Å²) in [6.07, 6.45) is 3.41. The van der Waals surface area contributed by atoms with E-state index in [9.17, 15) is 9.59 Å². The molecule has 1 aliphatic heterocycles. The van der Waals surface area contributed by atoms with E-state index >= 15 is 0 Å². The highest BCUT2D eigenvalue weighted by Gasteiger charge is 2.24. The predicted octanol–water partition coefficient (Wildman–Crippen LogP) is -0.724. The fraction of sp³-hybridized carbons (Fsp3) is 0.833. The lowest BCUT2D eigenvalue weighted by molar-refractivity contribution is 0.167. The number of aliphatic hydroxyl groups excluding tert-OH is 1. The van der Waals surface area contributed by atoms with Crippen molar-refractivity contribution in [1.82, 2.24) is 15.5 Å². The van der Waals surface area contributed by atoms with Gasteiger partial charge in [-0.15, -0.1) is 0 Å². The van der Waals surface area contributed by atoms with Crippen molar-refractivity contribution in [3.8, 4) is 0 Å². The molecule has 1 heterocycles. The average Bonchev–Trinajstić information content (AvgIpc) is 2.38. The summed E-state index contributed by atoms with van der Waals surface area (Å²) in [5, 5.41) is 13.9. The van der Waals surface area contributed by atoms with Crippen LogP contribution < -0.4 is 22.1 Å². The first-order chi connectivity index (χ1) is 9.52. The van der Waals surface area contributed by atoms with Crippen molar-refractivity contribution in [3.63, 3.8) is 0 Å². The zero-order chi connectivity index (χ0) is 15.0. The molecule has 116 valence electrons. The second-order valence-corrected chi connectivity index (χ2v) is 5.05. The van der Waals surface area contributed by atoms with Crippen LogP contribution in [0.15, 0.2) is 0 Å². The summed E-state index contributed by atoms with van der Waals surface area (Å²) in [6, 6.07) is -0.767. The zero-order valence-electron chi connectivity index (χ0n) is 11.7. The van der Waals surface area contributed by atoms with Gasteiger partial charge in [0.25, 0.3) is 0 Å². The summed E-state index contributed by atoms with van der Waals surface area (Å²) in [5.74, 6) is 0. The number of nitrogens with two attached hydrogens (primary N) is 2. The van der Waals surface area contributed by atoms with E-state index in [2.05, 4.69) is 10.6 Å². The van der Waals surface area contributed by atoms with Gasteiger partial charge < -0.3 is 32.1 Å². The van der Waals surface area contributed by atoms with Crippen LogP contribution in [-0.2, 0) is 0 Å². The number of carbonyl (C=O) groups is 2. The first kappa shape index (κ1) is 16.5. The van der Waals surface area contributed by atoms with Crippen LogP contribution in [0.3, 0.4) is 0 Å². The minimum atomic E-state index is -0.640. The lowest BCUT2D eigenvalue weighted by Gasteiger charge is -2.33. The van der Waals surface area contributed by atoms with Crippen LogP contribution in [0.4, 0.5) is 9.59 Å². The van der Waals surface area contributed by atoms with E-state index in [1.807, 2.05) is 0 Å². The van der Waals surface area contributed by atoms with Gasteiger partial charge in [-0.1, -0.05) is 0 Å². The van der Waals surface area contributed by atoms with Gasteiger partial charge in [0, 0.05) is 32.2 Å². The molecule has 1 aliphatic rings. The lowest BCUT2D eigenvalue weighted by Crippen LogP contribution is -2.58. The first-order valence-electron chi connectivity index (χ1n) is 7.00. The Morgan fingerprint density at radius 1 is 1.50 bits per heavy atom. The lowest BCUT2D eigenvalue weighted by atomic mass is 10.1.